The highest BCUT2D eigenvalue weighted by Gasteiger charge is 2.32. The van der Waals surface area contributed by atoms with Crippen molar-refractivity contribution in [1.29, 1.82) is 0 Å². The first kappa shape index (κ1) is 30.8. The van der Waals surface area contributed by atoms with Crippen LogP contribution in [-0.4, -0.2) is 61.8 Å². The van der Waals surface area contributed by atoms with Crippen LogP contribution in [0.4, 0.5) is 4.39 Å². The van der Waals surface area contributed by atoms with Crippen molar-refractivity contribution < 1.29 is 27.1 Å². The lowest BCUT2D eigenvalue weighted by Gasteiger charge is -2.44. The standard InChI is InChI=1S/C29H30Cl2FN3O5S/c1-19-16-35(20(2)15-34(19)17-21-7-10-24(32)11-8-21)29(37)18-40-26-12-9-23(30)13-22(26)14-28(36)33-41(38,39)27-6-4-3-5-25(27)31/h3-13,19-20H,14-18H2,1-2H3,(H,33,36)/t19-,20+/m0/s1. The fourth-order valence-corrected chi connectivity index (χ4v) is 6.42. The number of sulfonamides is 1. The molecule has 1 aliphatic rings. The lowest BCUT2D eigenvalue weighted by molar-refractivity contribution is -0.139. The van der Waals surface area contributed by atoms with Crippen LogP contribution in [0, 0.1) is 5.82 Å². The molecule has 41 heavy (non-hydrogen) atoms. The average Bonchev–Trinajstić information content (AvgIpc) is 2.91. The number of piperazine rings is 1. The zero-order chi connectivity index (χ0) is 29.7. The maximum absolute atomic E-state index is 13.3. The number of nitrogens with one attached hydrogen (secondary N) is 1. The van der Waals surface area contributed by atoms with Crippen LogP contribution < -0.4 is 9.46 Å². The summed E-state index contributed by atoms with van der Waals surface area (Å²) in [6, 6.07) is 16.7. The van der Waals surface area contributed by atoms with Crippen LogP contribution in [0.3, 0.4) is 0 Å². The zero-order valence-electron chi connectivity index (χ0n) is 22.5. The highest BCUT2D eigenvalue weighted by molar-refractivity contribution is 7.90. The molecule has 0 unspecified atom stereocenters. The third-order valence-electron chi connectivity index (χ3n) is 6.83. The largest absolute Gasteiger partial charge is 0.483 e. The quantitative estimate of drug-likeness (QED) is 0.373. The van der Waals surface area contributed by atoms with Crippen molar-refractivity contribution >= 4 is 45.0 Å². The van der Waals surface area contributed by atoms with Gasteiger partial charge in [-0.25, -0.2) is 17.5 Å². The summed E-state index contributed by atoms with van der Waals surface area (Å²) >= 11 is 12.1. The van der Waals surface area contributed by atoms with Crippen molar-refractivity contribution in [2.24, 2.45) is 0 Å². The van der Waals surface area contributed by atoms with E-state index in [-0.39, 0.29) is 52.5 Å². The first-order valence-electron chi connectivity index (χ1n) is 12.9. The second kappa shape index (κ2) is 13.2. The molecule has 2 amide bonds. The Morgan fingerprint density at radius 2 is 1.71 bits per heavy atom. The molecule has 8 nitrogen and oxygen atoms in total. The Morgan fingerprint density at radius 3 is 2.41 bits per heavy atom. The van der Waals surface area contributed by atoms with Crippen LogP contribution in [0.1, 0.15) is 25.0 Å². The molecule has 4 rings (SSSR count). The summed E-state index contributed by atoms with van der Waals surface area (Å²) in [5.41, 5.74) is 1.32. The van der Waals surface area contributed by atoms with E-state index in [1.807, 2.05) is 18.6 Å². The third kappa shape index (κ3) is 7.97. The van der Waals surface area contributed by atoms with Gasteiger partial charge in [0.1, 0.15) is 16.5 Å². The number of nitrogens with zero attached hydrogens (tertiary/aromatic N) is 2. The van der Waals surface area contributed by atoms with Gasteiger partial charge in [-0.1, -0.05) is 47.5 Å². The monoisotopic (exact) mass is 621 g/mol. The molecule has 218 valence electrons. The molecule has 0 radical (unpaired) electrons. The molecule has 3 aromatic rings. The fraction of sp³-hybridized carbons (Fsp3) is 0.310. The first-order valence-corrected chi connectivity index (χ1v) is 15.2. The molecular formula is C29H30Cl2FN3O5S. The molecule has 1 fully saturated rings. The minimum absolute atomic E-state index is 0.0158. The van der Waals surface area contributed by atoms with Gasteiger partial charge in [0.2, 0.25) is 5.91 Å². The molecule has 0 aromatic heterocycles. The SMILES string of the molecule is C[C@@H]1CN(Cc2ccc(F)cc2)[C@@H](C)CN1C(=O)COc1ccc(Cl)cc1CC(=O)NS(=O)(=O)c1ccccc1Cl. The Hall–Kier alpha value is -3.18. The maximum atomic E-state index is 13.3. The summed E-state index contributed by atoms with van der Waals surface area (Å²) < 4.78 is 46.4. The Bertz CT molecular complexity index is 1520. The summed E-state index contributed by atoms with van der Waals surface area (Å²) in [5, 5.41) is 0.304. The summed E-state index contributed by atoms with van der Waals surface area (Å²) in [5.74, 6) is -1.08. The molecule has 0 bridgehead atoms. The number of hydrogen-bond donors (Lipinski definition) is 1. The van der Waals surface area contributed by atoms with Crippen molar-refractivity contribution in [3.63, 3.8) is 0 Å². The second-order valence-electron chi connectivity index (χ2n) is 9.98. The van der Waals surface area contributed by atoms with E-state index in [1.54, 1.807) is 29.2 Å². The molecule has 1 N–H and O–H groups in total. The van der Waals surface area contributed by atoms with E-state index in [9.17, 15) is 22.4 Å². The fourth-order valence-electron chi connectivity index (χ4n) is 4.72. The average molecular weight is 623 g/mol. The number of benzene rings is 3. The Morgan fingerprint density at radius 1 is 1.00 bits per heavy atom. The van der Waals surface area contributed by atoms with Gasteiger partial charge in [-0.2, -0.15) is 0 Å². The van der Waals surface area contributed by atoms with Gasteiger partial charge in [0.25, 0.3) is 15.9 Å². The molecular weight excluding hydrogens is 592 g/mol. The van der Waals surface area contributed by atoms with E-state index < -0.39 is 15.9 Å². The van der Waals surface area contributed by atoms with Crippen LogP contribution in [0.25, 0.3) is 0 Å². The van der Waals surface area contributed by atoms with Gasteiger partial charge in [0, 0.05) is 42.3 Å². The topological polar surface area (TPSA) is 96.0 Å². The molecule has 1 aliphatic heterocycles. The van der Waals surface area contributed by atoms with E-state index >= 15 is 0 Å². The molecule has 3 aromatic carbocycles. The van der Waals surface area contributed by atoms with Gasteiger partial charge in [0.15, 0.2) is 6.61 Å². The van der Waals surface area contributed by atoms with Crippen LogP contribution >= 0.6 is 23.2 Å². The van der Waals surface area contributed by atoms with Crippen LogP contribution in [-0.2, 0) is 32.6 Å². The van der Waals surface area contributed by atoms with Gasteiger partial charge in [-0.05, 0) is 61.9 Å². The molecule has 0 spiro atoms. The van der Waals surface area contributed by atoms with Gasteiger partial charge in [0.05, 0.1) is 11.4 Å². The Balaban J connectivity index is 1.37. The molecule has 1 heterocycles. The number of halogens is 3. The van der Waals surface area contributed by atoms with Crippen molar-refractivity contribution in [1.82, 2.24) is 14.5 Å². The van der Waals surface area contributed by atoms with E-state index in [0.29, 0.717) is 30.2 Å². The normalized spacial score (nSPS) is 17.7. The molecule has 2 atom stereocenters. The van der Waals surface area contributed by atoms with Crippen LogP contribution in [0.15, 0.2) is 71.6 Å². The van der Waals surface area contributed by atoms with Crippen molar-refractivity contribution in [3.05, 3.63) is 93.7 Å². The van der Waals surface area contributed by atoms with E-state index in [0.717, 1.165) is 5.56 Å². The molecule has 1 saturated heterocycles. The van der Waals surface area contributed by atoms with Gasteiger partial charge < -0.3 is 9.64 Å². The number of carbonyl (C=O) groups excluding carboxylic acids is 2. The second-order valence-corrected chi connectivity index (χ2v) is 12.5. The van der Waals surface area contributed by atoms with E-state index in [4.69, 9.17) is 27.9 Å². The summed E-state index contributed by atoms with van der Waals surface area (Å²) in [6.07, 6.45) is -0.358. The minimum atomic E-state index is -4.20. The minimum Gasteiger partial charge on any atom is -0.483 e. The summed E-state index contributed by atoms with van der Waals surface area (Å²) in [7, 11) is -4.20. The van der Waals surface area contributed by atoms with E-state index in [2.05, 4.69) is 4.90 Å². The summed E-state index contributed by atoms with van der Waals surface area (Å²) in [6.45, 7) is 5.48. The molecule has 12 heteroatoms. The van der Waals surface area contributed by atoms with Gasteiger partial charge in [-0.3, -0.25) is 14.5 Å². The highest BCUT2D eigenvalue weighted by atomic mass is 35.5. The highest BCUT2D eigenvalue weighted by Crippen LogP contribution is 2.25. The smallest absolute Gasteiger partial charge is 0.265 e. The van der Waals surface area contributed by atoms with Crippen molar-refractivity contribution in [2.75, 3.05) is 19.7 Å². The molecule has 0 saturated carbocycles. The maximum Gasteiger partial charge on any atom is 0.265 e. The number of ether oxygens (including phenoxy) is 1. The summed E-state index contributed by atoms with van der Waals surface area (Å²) in [4.78, 5) is 29.6. The zero-order valence-corrected chi connectivity index (χ0v) is 24.8. The predicted molar refractivity (Wildman–Crippen MR) is 155 cm³/mol. The van der Waals surface area contributed by atoms with Gasteiger partial charge in [-0.15, -0.1) is 0 Å². The number of carbonyl (C=O) groups is 2. The first-order chi connectivity index (χ1) is 19.4. The lowest BCUT2D eigenvalue weighted by Crippen LogP contribution is -2.58. The Labute approximate surface area is 249 Å². The third-order valence-corrected chi connectivity index (χ3v) is 8.94. The number of rotatable bonds is 9. The Kier molecular flexibility index (Phi) is 9.91. The predicted octanol–water partition coefficient (Wildman–Crippen LogP) is 4.68. The number of amides is 2. The number of hydrogen-bond acceptors (Lipinski definition) is 6. The van der Waals surface area contributed by atoms with E-state index in [1.165, 1.54) is 42.5 Å². The van der Waals surface area contributed by atoms with Crippen molar-refractivity contribution in [2.45, 2.75) is 43.8 Å². The van der Waals surface area contributed by atoms with Crippen LogP contribution in [0.5, 0.6) is 5.75 Å². The lowest BCUT2D eigenvalue weighted by atomic mass is 10.1. The van der Waals surface area contributed by atoms with Crippen molar-refractivity contribution in [3.8, 4) is 5.75 Å². The van der Waals surface area contributed by atoms with Gasteiger partial charge >= 0.3 is 0 Å². The van der Waals surface area contributed by atoms with Crippen LogP contribution in [0.2, 0.25) is 10.0 Å². The molecule has 0 aliphatic carbocycles.